The Morgan fingerprint density at radius 2 is 2.38 bits per heavy atom. The van der Waals surface area contributed by atoms with Crippen LogP contribution in [0.15, 0.2) is 53.6 Å². The Labute approximate surface area is 99.3 Å². The average molecular weight is 234 g/mol. The van der Waals surface area contributed by atoms with Crippen molar-refractivity contribution in [3.05, 3.63) is 53.6 Å². The van der Waals surface area contributed by atoms with Crippen LogP contribution in [-0.2, 0) is 4.74 Å². The van der Waals surface area contributed by atoms with E-state index in [0.717, 1.165) is 11.4 Å². The van der Waals surface area contributed by atoms with Crippen molar-refractivity contribution in [3.8, 4) is 0 Å². The van der Waals surface area contributed by atoms with E-state index < -0.39 is 0 Å². The number of rotatable bonds is 7. The molecule has 0 aliphatic rings. The molecule has 1 rings (SSSR count). The number of hydrogen-bond donors (Lipinski definition) is 2. The molecular weight excluding hydrogens is 220 g/mol. The van der Waals surface area contributed by atoms with Gasteiger partial charge in [0.05, 0.1) is 0 Å². The predicted molar refractivity (Wildman–Crippen MR) is 70.1 cm³/mol. The van der Waals surface area contributed by atoms with Crippen LogP contribution in [0.3, 0.4) is 0 Å². The van der Waals surface area contributed by atoms with Gasteiger partial charge in [0.15, 0.2) is 0 Å². The van der Waals surface area contributed by atoms with Crippen LogP contribution in [0.1, 0.15) is 0 Å². The molecule has 0 unspecified atom stereocenters. The lowest BCUT2D eigenvalue weighted by atomic mass is 10.4. The summed E-state index contributed by atoms with van der Waals surface area (Å²) in [7, 11) is 0. The van der Waals surface area contributed by atoms with Crippen molar-refractivity contribution in [2.45, 2.75) is 0 Å². The minimum atomic E-state index is 0.358. The van der Waals surface area contributed by atoms with Gasteiger partial charge in [0.25, 0.3) is 0 Å². The first kappa shape index (κ1) is 12.3. The van der Waals surface area contributed by atoms with E-state index in [0.29, 0.717) is 12.4 Å². The maximum Gasteiger partial charge on any atom is 0.127 e. The number of anilines is 1. The minimum Gasteiger partial charge on any atom is -0.488 e. The molecule has 2 N–H and O–H groups in total. The molecule has 0 saturated carbocycles. The first-order valence-electron chi connectivity index (χ1n) is 4.68. The van der Waals surface area contributed by atoms with Gasteiger partial charge in [-0.15, -0.1) is 0 Å². The number of ether oxygens (including phenoxy) is 1. The summed E-state index contributed by atoms with van der Waals surface area (Å²) in [4.78, 5) is 0. The lowest BCUT2D eigenvalue weighted by molar-refractivity contribution is 0.256. The molecule has 4 heteroatoms. The van der Waals surface area contributed by atoms with Crippen LogP contribution in [0.2, 0.25) is 0 Å². The second kappa shape index (κ2) is 6.63. The monoisotopic (exact) mass is 234 g/mol. The highest BCUT2D eigenvalue weighted by Gasteiger charge is 1.97. The molecule has 1 aromatic heterocycles. The SMILES string of the molecule is C=C(COC(=C)/C=C\C=N)Nc1ccsc1. The van der Waals surface area contributed by atoms with Crippen molar-refractivity contribution in [3.63, 3.8) is 0 Å². The Balaban J connectivity index is 2.27. The standard InChI is InChI=1S/C12H14N2OS/c1-10(14-12-5-7-16-9-12)8-15-11(2)4-3-6-13/h3-7,9,13-14H,1-2,8H2/b4-3-,13-6?. The molecule has 0 amide bonds. The zero-order valence-corrected chi connectivity index (χ0v) is 9.72. The fraction of sp³-hybridized carbons (Fsp3) is 0.0833. The van der Waals surface area contributed by atoms with Crippen LogP contribution < -0.4 is 5.32 Å². The van der Waals surface area contributed by atoms with E-state index in [2.05, 4.69) is 18.5 Å². The third-order valence-corrected chi connectivity index (χ3v) is 2.34. The molecule has 3 nitrogen and oxygen atoms in total. The highest BCUT2D eigenvalue weighted by molar-refractivity contribution is 7.08. The van der Waals surface area contributed by atoms with Crippen molar-refractivity contribution >= 4 is 23.2 Å². The largest absolute Gasteiger partial charge is 0.488 e. The van der Waals surface area contributed by atoms with Crippen molar-refractivity contribution in [1.82, 2.24) is 0 Å². The molecule has 0 saturated heterocycles. The fourth-order valence-electron chi connectivity index (χ4n) is 0.959. The molecule has 0 aliphatic heterocycles. The summed E-state index contributed by atoms with van der Waals surface area (Å²) in [5, 5.41) is 13.9. The van der Waals surface area contributed by atoms with Gasteiger partial charge in [-0.05, 0) is 23.6 Å². The van der Waals surface area contributed by atoms with Gasteiger partial charge >= 0.3 is 0 Å². The molecule has 84 valence electrons. The molecule has 1 heterocycles. The van der Waals surface area contributed by atoms with Gasteiger partial charge in [-0.3, -0.25) is 0 Å². The fourth-order valence-corrected chi connectivity index (χ4v) is 1.55. The Bertz CT molecular complexity index is 393. The Hall–Kier alpha value is -1.81. The van der Waals surface area contributed by atoms with Crippen LogP contribution in [0.4, 0.5) is 5.69 Å². The average Bonchev–Trinajstić information content (AvgIpc) is 2.76. The third kappa shape index (κ3) is 4.61. The van der Waals surface area contributed by atoms with Gasteiger partial charge in [0.2, 0.25) is 0 Å². The summed E-state index contributed by atoms with van der Waals surface area (Å²) < 4.78 is 5.31. The first-order valence-corrected chi connectivity index (χ1v) is 5.62. The van der Waals surface area contributed by atoms with Crippen LogP contribution in [0.5, 0.6) is 0 Å². The molecule has 1 aromatic rings. The number of nitrogens with one attached hydrogen (secondary N) is 2. The minimum absolute atomic E-state index is 0.358. The van der Waals surface area contributed by atoms with E-state index in [1.807, 2.05) is 16.8 Å². The maximum absolute atomic E-state index is 6.81. The summed E-state index contributed by atoms with van der Waals surface area (Å²) in [6.45, 7) is 7.88. The molecule has 0 aromatic carbocycles. The van der Waals surface area contributed by atoms with E-state index in [1.165, 1.54) is 6.21 Å². The molecule has 0 atom stereocenters. The molecule has 0 fully saturated rings. The zero-order chi connectivity index (χ0) is 11.8. The lowest BCUT2D eigenvalue weighted by Gasteiger charge is -2.09. The van der Waals surface area contributed by atoms with Gasteiger partial charge in [-0.2, -0.15) is 11.3 Å². The second-order valence-corrected chi connectivity index (χ2v) is 3.80. The highest BCUT2D eigenvalue weighted by Crippen LogP contribution is 2.14. The van der Waals surface area contributed by atoms with Crippen molar-refractivity contribution < 1.29 is 4.74 Å². The quantitative estimate of drug-likeness (QED) is 0.431. The zero-order valence-electron chi connectivity index (χ0n) is 8.90. The van der Waals surface area contributed by atoms with Gasteiger partial charge in [-0.1, -0.05) is 13.2 Å². The molecular formula is C12H14N2OS. The van der Waals surface area contributed by atoms with Crippen LogP contribution in [-0.4, -0.2) is 12.8 Å². The summed E-state index contributed by atoms with van der Waals surface area (Å²) >= 11 is 1.62. The van der Waals surface area contributed by atoms with Crippen LogP contribution >= 0.6 is 11.3 Å². The van der Waals surface area contributed by atoms with E-state index in [-0.39, 0.29) is 0 Å². The van der Waals surface area contributed by atoms with Crippen molar-refractivity contribution in [2.75, 3.05) is 11.9 Å². The summed E-state index contributed by atoms with van der Waals surface area (Å²) in [5.41, 5.74) is 1.78. The second-order valence-electron chi connectivity index (χ2n) is 3.02. The van der Waals surface area contributed by atoms with Gasteiger partial charge in [0.1, 0.15) is 12.4 Å². The molecule has 0 spiro atoms. The molecule has 0 bridgehead atoms. The Morgan fingerprint density at radius 3 is 3.00 bits per heavy atom. The van der Waals surface area contributed by atoms with E-state index >= 15 is 0 Å². The van der Waals surface area contributed by atoms with Crippen LogP contribution in [0, 0.1) is 5.41 Å². The Kier molecular flexibility index (Phi) is 5.08. The third-order valence-electron chi connectivity index (χ3n) is 1.65. The number of thiophene rings is 1. The van der Waals surface area contributed by atoms with Gasteiger partial charge in [0, 0.05) is 23.0 Å². The summed E-state index contributed by atoms with van der Waals surface area (Å²) in [6.07, 6.45) is 4.36. The Morgan fingerprint density at radius 1 is 1.56 bits per heavy atom. The first-order chi connectivity index (χ1) is 7.72. The van der Waals surface area contributed by atoms with E-state index in [9.17, 15) is 0 Å². The highest BCUT2D eigenvalue weighted by atomic mass is 32.1. The molecule has 0 aliphatic carbocycles. The van der Waals surface area contributed by atoms with Crippen molar-refractivity contribution in [1.29, 1.82) is 5.41 Å². The maximum atomic E-state index is 6.81. The van der Waals surface area contributed by atoms with E-state index in [1.54, 1.807) is 23.5 Å². The summed E-state index contributed by atoms with van der Waals surface area (Å²) in [6, 6.07) is 1.97. The molecule has 16 heavy (non-hydrogen) atoms. The topological polar surface area (TPSA) is 45.1 Å². The van der Waals surface area contributed by atoms with Crippen LogP contribution in [0.25, 0.3) is 0 Å². The lowest BCUT2D eigenvalue weighted by Crippen LogP contribution is -2.04. The van der Waals surface area contributed by atoms with Gasteiger partial charge < -0.3 is 15.5 Å². The predicted octanol–water partition coefficient (Wildman–Crippen LogP) is 3.41. The number of hydrogen-bond acceptors (Lipinski definition) is 4. The normalized spacial score (nSPS) is 10.0. The summed E-state index contributed by atoms with van der Waals surface area (Å²) in [5.74, 6) is 0.511. The smallest absolute Gasteiger partial charge is 0.127 e. The van der Waals surface area contributed by atoms with Crippen molar-refractivity contribution in [2.24, 2.45) is 0 Å². The van der Waals surface area contributed by atoms with E-state index in [4.69, 9.17) is 10.1 Å². The number of allylic oxidation sites excluding steroid dienone is 2. The van der Waals surface area contributed by atoms with Gasteiger partial charge in [-0.25, -0.2) is 0 Å². The molecule has 0 radical (unpaired) electrons.